The molecule has 0 atom stereocenters. The summed E-state index contributed by atoms with van der Waals surface area (Å²) in [5, 5.41) is 12.7. The molecule has 7 nitrogen and oxygen atoms in total. The number of pyridine rings is 2. The first-order valence-electron chi connectivity index (χ1n) is 10.9. The number of fused-ring (bicyclic) bond motifs is 1. The molecule has 0 aliphatic heterocycles. The smallest absolute Gasteiger partial charge is 0.258 e. The molecule has 0 aliphatic carbocycles. The van der Waals surface area contributed by atoms with Gasteiger partial charge in [0.25, 0.3) is 5.91 Å². The van der Waals surface area contributed by atoms with Crippen molar-refractivity contribution in [2.75, 3.05) is 5.32 Å². The lowest BCUT2D eigenvalue weighted by Crippen LogP contribution is -2.13. The van der Waals surface area contributed by atoms with Gasteiger partial charge in [0.1, 0.15) is 0 Å². The molecule has 5 aromatic heterocycles. The molecule has 9 heteroatoms. The fourth-order valence-corrected chi connectivity index (χ4v) is 5.20. The Morgan fingerprint density at radius 1 is 0.914 bits per heavy atom. The van der Waals surface area contributed by atoms with Crippen molar-refractivity contribution in [3.8, 4) is 22.5 Å². The third-order valence-electron chi connectivity index (χ3n) is 5.49. The lowest BCUT2D eigenvalue weighted by molar-refractivity contribution is 0.102. The van der Waals surface area contributed by atoms with Crippen molar-refractivity contribution in [3.05, 3.63) is 100 Å². The van der Waals surface area contributed by atoms with Crippen LogP contribution in [0.25, 0.3) is 33.5 Å². The van der Waals surface area contributed by atoms with Crippen LogP contribution in [0.1, 0.15) is 15.2 Å². The van der Waals surface area contributed by atoms with Crippen LogP contribution < -0.4 is 5.32 Å². The Hall–Kier alpha value is -4.21. The monoisotopic (exact) mass is 494 g/mol. The average Bonchev–Trinajstić information content (AvgIpc) is 3.67. The lowest BCUT2D eigenvalue weighted by atomic mass is 10.1. The standard InChI is InChI=1S/C26H18N6OS2/c33-25(31-26-30-23(16-35-26)17-6-2-1-3-7-17)20-12-22(18-8-4-10-27-13-18)29-24-21(20)14-28-32(24)15-19-9-5-11-34-19/h1-14,16H,15H2,(H,30,31,33). The third-order valence-corrected chi connectivity index (χ3v) is 7.11. The van der Waals surface area contributed by atoms with Gasteiger partial charge in [0.2, 0.25) is 0 Å². The number of aromatic nitrogens is 5. The number of nitrogens with one attached hydrogen (secondary N) is 1. The minimum absolute atomic E-state index is 0.257. The minimum Gasteiger partial charge on any atom is -0.298 e. The maximum Gasteiger partial charge on any atom is 0.258 e. The number of rotatable bonds is 6. The Balaban J connectivity index is 1.39. The molecule has 6 rings (SSSR count). The number of thiophene rings is 1. The summed E-state index contributed by atoms with van der Waals surface area (Å²) in [7, 11) is 0. The molecule has 0 spiro atoms. The highest BCUT2D eigenvalue weighted by atomic mass is 32.1. The maximum atomic E-state index is 13.5. The third kappa shape index (κ3) is 4.34. The second-order valence-corrected chi connectivity index (χ2v) is 9.66. The zero-order chi connectivity index (χ0) is 23.6. The Morgan fingerprint density at radius 2 is 1.80 bits per heavy atom. The number of hydrogen-bond donors (Lipinski definition) is 1. The normalized spacial score (nSPS) is 11.1. The van der Waals surface area contributed by atoms with Crippen molar-refractivity contribution < 1.29 is 4.79 Å². The zero-order valence-electron chi connectivity index (χ0n) is 18.3. The molecule has 0 unspecified atom stereocenters. The molecule has 1 N–H and O–H groups in total. The second-order valence-electron chi connectivity index (χ2n) is 7.77. The first-order valence-corrected chi connectivity index (χ1v) is 12.6. The van der Waals surface area contributed by atoms with Crippen LogP contribution in [0.5, 0.6) is 0 Å². The first kappa shape index (κ1) is 21.3. The number of hydrogen-bond acceptors (Lipinski definition) is 7. The van der Waals surface area contributed by atoms with E-state index in [1.807, 2.05) is 64.0 Å². The molecule has 0 saturated heterocycles. The van der Waals surface area contributed by atoms with Gasteiger partial charge < -0.3 is 0 Å². The summed E-state index contributed by atoms with van der Waals surface area (Å²) in [4.78, 5) is 28.3. The Kier molecular flexibility index (Phi) is 5.61. The van der Waals surface area contributed by atoms with Gasteiger partial charge in [-0.05, 0) is 29.6 Å². The number of amides is 1. The maximum absolute atomic E-state index is 13.5. The Morgan fingerprint density at radius 3 is 2.60 bits per heavy atom. The van der Waals surface area contributed by atoms with Crippen molar-refractivity contribution in [1.29, 1.82) is 0 Å². The van der Waals surface area contributed by atoms with Gasteiger partial charge in [-0.25, -0.2) is 14.6 Å². The predicted octanol–water partition coefficient (Wildman–Crippen LogP) is 5.98. The number of nitrogens with zero attached hydrogens (tertiary/aromatic N) is 5. The van der Waals surface area contributed by atoms with Gasteiger partial charge in [0, 0.05) is 33.8 Å². The SMILES string of the molecule is O=C(Nc1nc(-c2ccccc2)cs1)c1cc(-c2cccnc2)nc2c1cnn2Cc1cccs1. The first-order chi connectivity index (χ1) is 17.2. The van der Waals surface area contributed by atoms with Crippen molar-refractivity contribution in [1.82, 2.24) is 24.7 Å². The van der Waals surface area contributed by atoms with E-state index in [1.165, 1.54) is 11.3 Å². The molecule has 0 fully saturated rings. The zero-order valence-corrected chi connectivity index (χ0v) is 20.0. The molecule has 5 heterocycles. The van der Waals surface area contributed by atoms with Gasteiger partial charge in [0.15, 0.2) is 10.8 Å². The molecular weight excluding hydrogens is 476 g/mol. The van der Waals surface area contributed by atoms with E-state index in [0.717, 1.165) is 21.7 Å². The highest BCUT2D eigenvalue weighted by Gasteiger charge is 2.19. The summed E-state index contributed by atoms with van der Waals surface area (Å²) >= 11 is 3.05. The van der Waals surface area contributed by atoms with Crippen LogP contribution in [0, 0.1) is 0 Å². The summed E-state index contributed by atoms with van der Waals surface area (Å²) in [6.45, 7) is 0.582. The van der Waals surface area contributed by atoms with E-state index >= 15 is 0 Å². The van der Waals surface area contributed by atoms with Crippen molar-refractivity contribution in [2.24, 2.45) is 0 Å². The molecule has 1 aromatic carbocycles. The van der Waals surface area contributed by atoms with E-state index in [2.05, 4.69) is 26.4 Å². The number of carbonyl (C=O) groups excluding carboxylic acids is 1. The van der Waals surface area contributed by atoms with Crippen LogP contribution in [0.3, 0.4) is 0 Å². The largest absolute Gasteiger partial charge is 0.298 e. The quantitative estimate of drug-likeness (QED) is 0.308. The molecule has 1 amide bonds. The van der Waals surface area contributed by atoms with Gasteiger partial charge in [-0.1, -0.05) is 36.4 Å². The van der Waals surface area contributed by atoms with Gasteiger partial charge in [-0.2, -0.15) is 5.10 Å². The molecule has 170 valence electrons. The number of benzene rings is 1. The summed E-state index contributed by atoms with van der Waals surface area (Å²) in [6, 6.07) is 19.5. The van der Waals surface area contributed by atoms with Crippen LogP contribution in [0.15, 0.2) is 90.0 Å². The summed E-state index contributed by atoms with van der Waals surface area (Å²) in [5.41, 5.74) is 4.45. The second kappa shape index (κ2) is 9.21. The molecule has 0 saturated carbocycles. The summed E-state index contributed by atoms with van der Waals surface area (Å²) in [5.74, 6) is -0.257. The Bertz CT molecular complexity index is 1610. The number of anilines is 1. The molecule has 0 radical (unpaired) electrons. The van der Waals surface area contributed by atoms with Crippen molar-refractivity contribution >= 4 is 44.7 Å². The predicted molar refractivity (Wildman–Crippen MR) is 140 cm³/mol. The topological polar surface area (TPSA) is 85.6 Å². The van der Waals surface area contributed by atoms with Gasteiger partial charge in [-0.3, -0.25) is 15.1 Å². The van der Waals surface area contributed by atoms with E-state index in [9.17, 15) is 4.79 Å². The van der Waals surface area contributed by atoms with Crippen LogP contribution in [-0.4, -0.2) is 30.6 Å². The van der Waals surface area contributed by atoms with Crippen LogP contribution in [-0.2, 0) is 6.54 Å². The minimum atomic E-state index is -0.257. The fraction of sp³-hybridized carbons (Fsp3) is 0.0385. The van der Waals surface area contributed by atoms with Crippen molar-refractivity contribution in [2.45, 2.75) is 6.54 Å². The molecule has 6 aromatic rings. The van der Waals surface area contributed by atoms with Crippen LogP contribution >= 0.6 is 22.7 Å². The van der Waals surface area contributed by atoms with E-state index in [1.54, 1.807) is 36.0 Å². The number of thiazole rings is 1. The molecule has 35 heavy (non-hydrogen) atoms. The average molecular weight is 495 g/mol. The number of carbonyl (C=O) groups is 1. The Labute approximate surface area is 208 Å². The van der Waals surface area contributed by atoms with E-state index in [4.69, 9.17) is 4.98 Å². The van der Waals surface area contributed by atoms with E-state index < -0.39 is 0 Å². The van der Waals surface area contributed by atoms with Gasteiger partial charge in [-0.15, -0.1) is 22.7 Å². The summed E-state index contributed by atoms with van der Waals surface area (Å²) in [6.07, 6.45) is 5.15. The fourth-order valence-electron chi connectivity index (χ4n) is 3.80. The van der Waals surface area contributed by atoms with E-state index in [0.29, 0.717) is 34.0 Å². The highest BCUT2D eigenvalue weighted by molar-refractivity contribution is 7.14. The molecule has 0 bridgehead atoms. The van der Waals surface area contributed by atoms with Gasteiger partial charge in [0.05, 0.1) is 35.1 Å². The lowest BCUT2D eigenvalue weighted by Gasteiger charge is -2.08. The van der Waals surface area contributed by atoms with Crippen LogP contribution in [0.4, 0.5) is 5.13 Å². The van der Waals surface area contributed by atoms with Crippen molar-refractivity contribution in [3.63, 3.8) is 0 Å². The van der Waals surface area contributed by atoms with Crippen LogP contribution in [0.2, 0.25) is 0 Å². The highest BCUT2D eigenvalue weighted by Crippen LogP contribution is 2.28. The summed E-state index contributed by atoms with van der Waals surface area (Å²) < 4.78 is 1.83. The van der Waals surface area contributed by atoms with E-state index in [-0.39, 0.29) is 5.91 Å². The van der Waals surface area contributed by atoms with Gasteiger partial charge >= 0.3 is 0 Å². The molecule has 0 aliphatic rings. The molecular formula is C26H18N6OS2.